The number of furan rings is 2. The monoisotopic (exact) mass is 347 g/mol. The van der Waals surface area contributed by atoms with Gasteiger partial charge in [-0.3, -0.25) is 4.79 Å². The van der Waals surface area contributed by atoms with E-state index < -0.39 is 0 Å². The second-order valence-electron chi connectivity index (χ2n) is 6.29. The normalized spacial score (nSPS) is 11.2. The molecule has 0 fully saturated rings. The largest absolute Gasteiger partial charge is 0.472 e. The first-order valence-electron chi connectivity index (χ1n) is 8.29. The highest BCUT2D eigenvalue weighted by Crippen LogP contribution is 2.32. The van der Waals surface area contributed by atoms with Crippen LogP contribution >= 0.6 is 0 Å². The summed E-state index contributed by atoms with van der Waals surface area (Å²) < 4.78 is 10.4. The smallest absolute Gasteiger partial charge is 0.226 e. The van der Waals surface area contributed by atoms with Crippen molar-refractivity contribution in [3.63, 3.8) is 0 Å². The van der Waals surface area contributed by atoms with E-state index in [1.165, 1.54) is 0 Å². The van der Waals surface area contributed by atoms with Crippen molar-refractivity contribution in [3.8, 4) is 22.5 Å². The molecule has 0 saturated heterocycles. The number of hydrogen-bond donors (Lipinski definition) is 1. The first-order chi connectivity index (χ1) is 12.6. The van der Waals surface area contributed by atoms with Crippen LogP contribution in [0.2, 0.25) is 0 Å². The van der Waals surface area contributed by atoms with Gasteiger partial charge >= 0.3 is 0 Å². The summed E-state index contributed by atoms with van der Waals surface area (Å²) in [7, 11) is 0. The molecule has 0 unspecified atom stereocenters. The Morgan fingerprint density at radius 3 is 2.08 bits per heavy atom. The molecule has 4 aromatic rings. The van der Waals surface area contributed by atoms with E-state index in [0.29, 0.717) is 22.6 Å². The molecule has 0 radical (unpaired) electrons. The standard InChI is InChI=1S/C20H17N3O3/c1-12(2)20(24)21-15-3-4-16-17(9-15)23-19(14-6-8-26-11-14)18(22-16)13-5-7-25-10-13/h3-12H,1-2H3,(H,21,24). The molecule has 0 aliphatic carbocycles. The number of aromatic nitrogens is 2. The third-order valence-corrected chi connectivity index (χ3v) is 4.05. The molecule has 0 atom stereocenters. The third kappa shape index (κ3) is 2.97. The maximum atomic E-state index is 11.9. The maximum Gasteiger partial charge on any atom is 0.226 e. The highest BCUT2D eigenvalue weighted by Gasteiger charge is 2.16. The van der Waals surface area contributed by atoms with Crippen LogP contribution in [0.15, 0.2) is 64.2 Å². The Balaban J connectivity index is 1.85. The summed E-state index contributed by atoms with van der Waals surface area (Å²) in [5, 5.41) is 2.89. The van der Waals surface area contributed by atoms with E-state index in [1.54, 1.807) is 25.1 Å². The van der Waals surface area contributed by atoms with Crippen molar-refractivity contribution < 1.29 is 13.6 Å². The van der Waals surface area contributed by atoms with Crippen LogP contribution < -0.4 is 5.32 Å². The average molecular weight is 347 g/mol. The number of carbonyl (C=O) groups excluding carboxylic acids is 1. The van der Waals surface area contributed by atoms with Crippen molar-refractivity contribution in [2.75, 3.05) is 5.32 Å². The summed E-state index contributed by atoms with van der Waals surface area (Å²) in [6.07, 6.45) is 6.46. The number of carbonyl (C=O) groups is 1. The molecule has 0 spiro atoms. The molecule has 4 rings (SSSR count). The molecule has 0 aliphatic rings. The van der Waals surface area contributed by atoms with Gasteiger partial charge < -0.3 is 14.2 Å². The number of nitrogens with zero attached hydrogens (tertiary/aromatic N) is 2. The van der Waals surface area contributed by atoms with Gasteiger partial charge in [-0.05, 0) is 30.3 Å². The molecule has 1 aromatic carbocycles. The predicted octanol–water partition coefficient (Wildman–Crippen LogP) is 4.74. The minimum atomic E-state index is -0.0956. The average Bonchev–Trinajstić information content (AvgIpc) is 3.34. The molecule has 1 N–H and O–H groups in total. The number of fused-ring (bicyclic) bond motifs is 1. The van der Waals surface area contributed by atoms with Gasteiger partial charge in [0, 0.05) is 22.7 Å². The van der Waals surface area contributed by atoms with E-state index in [0.717, 1.165) is 16.6 Å². The number of amides is 1. The predicted molar refractivity (Wildman–Crippen MR) is 98.4 cm³/mol. The van der Waals surface area contributed by atoms with Crippen molar-refractivity contribution in [2.45, 2.75) is 13.8 Å². The van der Waals surface area contributed by atoms with E-state index in [4.69, 9.17) is 18.8 Å². The Morgan fingerprint density at radius 2 is 1.54 bits per heavy atom. The fourth-order valence-electron chi connectivity index (χ4n) is 2.62. The van der Waals surface area contributed by atoms with Crippen LogP contribution in [0.3, 0.4) is 0 Å². The highest BCUT2D eigenvalue weighted by molar-refractivity contribution is 5.95. The lowest BCUT2D eigenvalue weighted by atomic mass is 10.1. The molecule has 3 aromatic heterocycles. The zero-order chi connectivity index (χ0) is 18.1. The highest BCUT2D eigenvalue weighted by atomic mass is 16.3. The van der Waals surface area contributed by atoms with Crippen LogP contribution in [0.25, 0.3) is 33.5 Å². The van der Waals surface area contributed by atoms with Gasteiger partial charge in [-0.2, -0.15) is 0 Å². The van der Waals surface area contributed by atoms with E-state index >= 15 is 0 Å². The fraction of sp³-hybridized carbons (Fsp3) is 0.150. The number of rotatable bonds is 4. The molecule has 0 bridgehead atoms. The van der Waals surface area contributed by atoms with Crippen LogP contribution in [0.4, 0.5) is 5.69 Å². The van der Waals surface area contributed by atoms with Gasteiger partial charge in [-0.1, -0.05) is 13.8 Å². The lowest BCUT2D eigenvalue weighted by molar-refractivity contribution is -0.118. The van der Waals surface area contributed by atoms with E-state index in [-0.39, 0.29) is 11.8 Å². The molecule has 130 valence electrons. The Labute approximate surface area is 149 Å². The Bertz CT molecular complexity index is 1050. The van der Waals surface area contributed by atoms with Crippen molar-refractivity contribution in [2.24, 2.45) is 5.92 Å². The second-order valence-corrected chi connectivity index (χ2v) is 6.29. The van der Waals surface area contributed by atoms with Gasteiger partial charge in [0.25, 0.3) is 0 Å². The van der Waals surface area contributed by atoms with E-state index in [2.05, 4.69) is 5.32 Å². The zero-order valence-corrected chi connectivity index (χ0v) is 14.4. The van der Waals surface area contributed by atoms with Crippen LogP contribution in [-0.4, -0.2) is 15.9 Å². The van der Waals surface area contributed by atoms with E-state index in [1.807, 2.05) is 44.2 Å². The zero-order valence-electron chi connectivity index (χ0n) is 14.4. The van der Waals surface area contributed by atoms with Crippen molar-refractivity contribution in [1.82, 2.24) is 9.97 Å². The quantitative estimate of drug-likeness (QED) is 0.576. The van der Waals surface area contributed by atoms with Crippen molar-refractivity contribution >= 4 is 22.6 Å². The number of nitrogens with one attached hydrogen (secondary N) is 1. The van der Waals surface area contributed by atoms with Crippen LogP contribution in [0, 0.1) is 5.92 Å². The summed E-state index contributed by atoms with van der Waals surface area (Å²) in [5.74, 6) is -0.135. The van der Waals surface area contributed by atoms with Gasteiger partial charge in [0.1, 0.15) is 11.4 Å². The fourth-order valence-corrected chi connectivity index (χ4v) is 2.62. The molecule has 6 nitrogen and oxygen atoms in total. The number of anilines is 1. The van der Waals surface area contributed by atoms with Crippen molar-refractivity contribution in [3.05, 3.63) is 55.4 Å². The topological polar surface area (TPSA) is 81.2 Å². The molecule has 26 heavy (non-hydrogen) atoms. The van der Waals surface area contributed by atoms with Crippen LogP contribution in [0.5, 0.6) is 0 Å². The molecular formula is C20H17N3O3. The third-order valence-electron chi connectivity index (χ3n) is 4.05. The second kappa shape index (κ2) is 6.48. The number of hydrogen-bond acceptors (Lipinski definition) is 5. The summed E-state index contributed by atoms with van der Waals surface area (Å²) in [6.45, 7) is 3.70. The molecule has 3 heterocycles. The molecule has 0 aliphatic heterocycles. The van der Waals surface area contributed by atoms with Crippen LogP contribution in [-0.2, 0) is 4.79 Å². The summed E-state index contributed by atoms with van der Waals surface area (Å²) in [4.78, 5) is 21.5. The summed E-state index contributed by atoms with van der Waals surface area (Å²) in [6, 6.07) is 9.18. The van der Waals surface area contributed by atoms with Gasteiger partial charge in [-0.15, -0.1) is 0 Å². The first-order valence-corrected chi connectivity index (χ1v) is 8.29. The summed E-state index contributed by atoms with van der Waals surface area (Å²) in [5.41, 5.74) is 5.19. The SMILES string of the molecule is CC(C)C(=O)Nc1ccc2nc(-c3ccoc3)c(-c3ccoc3)nc2c1. The van der Waals surface area contributed by atoms with E-state index in [9.17, 15) is 4.79 Å². The Kier molecular flexibility index (Phi) is 4.01. The van der Waals surface area contributed by atoms with Gasteiger partial charge in [0.2, 0.25) is 5.91 Å². The lowest BCUT2D eigenvalue weighted by Crippen LogP contribution is -2.17. The van der Waals surface area contributed by atoms with Gasteiger partial charge in [0.05, 0.1) is 36.1 Å². The van der Waals surface area contributed by atoms with Crippen molar-refractivity contribution in [1.29, 1.82) is 0 Å². The molecule has 6 heteroatoms. The Hall–Kier alpha value is -3.41. The maximum absolute atomic E-state index is 11.9. The van der Waals surface area contributed by atoms with Crippen LogP contribution in [0.1, 0.15) is 13.8 Å². The lowest BCUT2D eigenvalue weighted by Gasteiger charge is -2.10. The molecule has 1 amide bonds. The number of benzene rings is 1. The summed E-state index contributed by atoms with van der Waals surface area (Å²) >= 11 is 0. The minimum absolute atomic E-state index is 0.0395. The first kappa shape index (κ1) is 16.1. The molecular weight excluding hydrogens is 330 g/mol. The van der Waals surface area contributed by atoms with Gasteiger partial charge in [0.15, 0.2) is 0 Å². The Morgan fingerprint density at radius 1 is 0.923 bits per heavy atom. The minimum Gasteiger partial charge on any atom is -0.472 e. The molecule has 0 saturated carbocycles. The van der Waals surface area contributed by atoms with Gasteiger partial charge in [-0.25, -0.2) is 9.97 Å².